The molecule has 0 atom stereocenters. The van der Waals surface area contributed by atoms with Crippen molar-refractivity contribution in [2.45, 2.75) is 32.2 Å². The number of hydrogen-bond donors (Lipinski definition) is 3. The maximum atomic E-state index is 12.7. The summed E-state index contributed by atoms with van der Waals surface area (Å²) in [6.45, 7) is 1.17. The zero-order valence-electron chi connectivity index (χ0n) is 17.2. The molecule has 0 saturated heterocycles. The minimum atomic E-state index is -0.337. The van der Waals surface area contributed by atoms with Crippen molar-refractivity contribution >= 4 is 41.8 Å². The van der Waals surface area contributed by atoms with Crippen LogP contribution in [0.5, 0.6) is 0 Å². The second kappa shape index (κ2) is 11.2. The molecule has 1 aromatic carbocycles. The van der Waals surface area contributed by atoms with Crippen molar-refractivity contribution in [3.63, 3.8) is 0 Å². The first-order valence-electron chi connectivity index (χ1n) is 9.39. The summed E-state index contributed by atoms with van der Waals surface area (Å²) in [6.07, 6.45) is 4.00. The SMILES string of the molecule is CN=C(NCc1ccc(C(=O)NC)cc1)NCC1(C(=O)N(C)C)CCCC1.I. The third-order valence-corrected chi connectivity index (χ3v) is 5.14. The maximum absolute atomic E-state index is 12.7. The van der Waals surface area contributed by atoms with Gasteiger partial charge in [0.05, 0.1) is 5.41 Å². The van der Waals surface area contributed by atoms with Gasteiger partial charge in [0.25, 0.3) is 5.91 Å². The molecule has 3 N–H and O–H groups in total. The quantitative estimate of drug-likeness (QED) is 0.316. The van der Waals surface area contributed by atoms with Crippen LogP contribution < -0.4 is 16.0 Å². The Hall–Kier alpha value is -1.84. The van der Waals surface area contributed by atoms with Gasteiger partial charge >= 0.3 is 0 Å². The zero-order valence-corrected chi connectivity index (χ0v) is 19.5. The summed E-state index contributed by atoms with van der Waals surface area (Å²) in [5.41, 5.74) is 1.34. The Kier molecular flexibility index (Phi) is 9.71. The lowest BCUT2D eigenvalue weighted by atomic mass is 9.84. The highest BCUT2D eigenvalue weighted by Gasteiger charge is 2.42. The molecular formula is C20H32IN5O2. The van der Waals surface area contributed by atoms with Gasteiger partial charge in [-0.3, -0.25) is 14.6 Å². The Morgan fingerprint density at radius 2 is 1.71 bits per heavy atom. The fraction of sp³-hybridized carbons (Fsp3) is 0.550. The lowest BCUT2D eigenvalue weighted by Crippen LogP contribution is -2.49. The number of halogens is 1. The van der Waals surface area contributed by atoms with Gasteiger partial charge in [0, 0.05) is 46.8 Å². The Labute approximate surface area is 184 Å². The van der Waals surface area contributed by atoms with Crippen LogP contribution in [-0.4, -0.2) is 57.4 Å². The van der Waals surface area contributed by atoms with Crippen LogP contribution in [0.3, 0.4) is 0 Å². The van der Waals surface area contributed by atoms with Crippen LogP contribution in [0.1, 0.15) is 41.6 Å². The third kappa shape index (κ3) is 6.08. The molecule has 0 aromatic heterocycles. The molecule has 1 fully saturated rings. The van der Waals surface area contributed by atoms with Crippen LogP contribution in [-0.2, 0) is 11.3 Å². The molecule has 1 aliphatic rings. The molecule has 0 bridgehead atoms. The van der Waals surface area contributed by atoms with Gasteiger partial charge in [-0.1, -0.05) is 25.0 Å². The molecule has 28 heavy (non-hydrogen) atoms. The average molecular weight is 501 g/mol. The first-order valence-corrected chi connectivity index (χ1v) is 9.39. The van der Waals surface area contributed by atoms with E-state index in [4.69, 9.17) is 0 Å². The molecule has 0 unspecified atom stereocenters. The molecule has 0 aliphatic heterocycles. The van der Waals surface area contributed by atoms with Crippen LogP contribution in [0.2, 0.25) is 0 Å². The Morgan fingerprint density at radius 3 is 2.21 bits per heavy atom. The molecule has 7 nitrogen and oxygen atoms in total. The molecule has 0 radical (unpaired) electrons. The molecule has 8 heteroatoms. The van der Waals surface area contributed by atoms with E-state index in [1.54, 1.807) is 31.1 Å². The smallest absolute Gasteiger partial charge is 0.251 e. The number of aliphatic imine (C=N–C) groups is 1. The molecule has 1 aromatic rings. The first kappa shape index (κ1) is 24.2. The van der Waals surface area contributed by atoms with E-state index >= 15 is 0 Å². The van der Waals surface area contributed by atoms with Crippen molar-refractivity contribution in [2.24, 2.45) is 10.4 Å². The summed E-state index contributed by atoms with van der Waals surface area (Å²) in [5.74, 6) is 0.760. The van der Waals surface area contributed by atoms with Gasteiger partial charge in [0.15, 0.2) is 5.96 Å². The average Bonchev–Trinajstić information content (AvgIpc) is 3.17. The number of carbonyl (C=O) groups excluding carboxylic acids is 2. The molecule has 1 saturated carbocycles. The van der Waals surface area contributed by atoms with E-state index in [0.717, 1.165) is 31.2 Å². The van der Waals surface area contributed by atoms with Crippen molar-refractivity contribution in [2.75, 3.05) is 34.7 Å². The number of carbonyl (C=O) groups is 2. The van der Waals surface area contributed by atoms with Crippen LogP contribution >= 0.6 is 24.0 Å². The van der Waals surface area contributed by atoms with Gasteiger partial charge < -0.3 is 20.9 Å². The zero-order chi connectivity index (χ0) is 19.9. The van der Waals surface area contributed by atoms with E-state index < -0.39 is 0 Å². The predicted octanol–water partition coefficient (Wildman–Crippen LogP) is 1.98. The second-order valence-electron chi connectivity index (χ2n) is 7.24. The van der Waals surface area contributed by atoms with Crippen LogP contribution in [0.25, 0.3) is 0 Å². The van der Waals surface area contributed by atoms with Crippen molar-refractivity contribution in [1.82, 2.24) is 20.9 Å². The number of nitrogens with one attached hydrogen (secondary N) is 3. The number of guanidine groups is 1. The molecule has 1 aliphatic carbocycles. The Bertz CT molecular complexity index is 682. The van der Waals surface area contributed by atoms with E-state index in [1.165, 1.54) is 0 Å². The predicted molar refractivity (Wildman–Crippen MR) is 123 cm³/mol. The summed E-state index contributed by atoms with van der Waals surface area (Å²) in [4.78, 5) is 30.2. The van der Waals surface area contributed by atoms with E-state index in [0.29, 0.717) is 24.6 Å². The maximum Gasteiger partial charge on any atom is 0.251 e. The molecule has 0 spiro atoms. The van der Waals surface area contributed by atoms with Gasteiger partial charge in [-0.05, 0) is 30.5 Å². The largest absolute Gasteiger partial charge is 0.355 e. The fourth-order valence-corrected chi connectivity index (χ4v) is 3.57. The summed E-state index contributed by atoms with van der Waals surface area (Å²) < 4.78 is 0. The molecule has 0 heterocycles. The Morgan fingerprint density at radius 1 is 1.11 bits per heavy atom. The fourth-order valence-electron chi connectivity index (χ4n) is 3.57. The highest BCUT2D eigenvalue weighted by molar-refractivity contribution is 14.0. The topological polar surface area (TPSA) is 85.8 Å². The van der Waals surface area contributed by atoms with E-state index in [9.17, 15) is 9.59 Å². The minimum absolute atomic E-state index is 0. The van der Waals surface area contributed by atoms with Crippen molar-refractivity contribution < 1.29 is 9.59 Å². The number of nitrogens with zero attached hydrogens (tertiary/aromatic N) is 2. The van der Waals surface area contributed by atoms with Crippen LogP contribution in [0, 0.1) is 5.41 Å². The highest BCUT2D eigenvalue weighted by Crippen LogP contribution is 2.38. The normalized spacial score (nSPS) is 15.4. The van der Waals surface area contributed by atoms with Gasteiger partial charge in [-0.15, -0.1) is 24.0 Å². The van der Waals surface area contributed by atoms with E-state index in [-0.39, 0.29) is 41.2 Å². The molecule has 156 valence electrons. The summed E-state index contributed by atoms with van der Waals surface area (Å²) in [5, 5.41) is 9.20. The third-order valence-electron chi connectivity index (χ3n) is 5.14. The molecule has 2 amide bonds. The van der Waals surface area contributed by atoms with Crippen molar-refractivity contribution in [3.05, 3.63) is 35.4 Å². The minimum Gasteiger partial charge on any atom is -0.355 e. The van der Waals surface area contributed by atoms with Gasteiger partial charge in [-0.2, -0.15) is 0 Å². The second-order valence-corrected chi connectivity index (χ2v) is 7.24. The first-order chi connectivity index (χ1) is 12.9. The number of hydrogen-bond acceptors (Lipinski definition) is 3. The standard InChI is InChI=1S/C20H31N5O2.HI/c1-21-17(26)16-9-7-15(8-10-16)13-23-19(22-2)24-14-20(11-5-6-12-20)18(27)25(3)4;/h7-10H,5-6,11-14H2,1-4H3,(H,21,26)(H2,22,23,24);1H. The number of rotatable bonds is 6. The molecular weight excluding hydrogens is 469 g/mol. The van der Waals surface area contributed by atoms with Crippen molar-refractivity contribution in [3.8, 4) is 0 Å². The monoisotopic (exact) mass is 501 g/mol. The number of amides is 2. The van der Waals surface area contributed by atoms with E-state index in [2.05, 4.69) is 20.9 Å². The lowest BCUT2D eigenvalue weighted by Gasteiger charge is -2.31. The molecule has 2 rings (SSSR count). The van der Waals surface area contributed by atoms with Crippen LogP contribution in [0.4, 0.5) is 0 Å². The van der Waals surface area contributed by atoms with Gasteiger partial charge in [-0.25, -0.2) is 0 Å². The summed E-state index contributed by atoms with van der Waals surface area (Å²) in [7, 11) is 6.97. The summed E-state index contributed by atoms with van der Waals surface area (Å²) in [6, 6.07) is 7.43. The van der Waals surface area contributed by atoms with Crippen LogP contribution in [0.15, 0.2) is 29.3 Å². The summed E-state index contributed by atoms with van der Waals surface area (Å²) >= 11 is 0. The Balaban J connectivity index is 0.00000392. The van der Waals surface area contributed by atoms with Crippen molar-refractivity contribution in [1.29, 1.82) is 0 Å². The van der Waals surface area contributed by atoms with E-state index in [1.807, 2.05) is 26.2 Å². The number of benzene rings is 1. The lowest BCUT2D eigenvalue weighted by molar-refractivity contribution is -0.138. The van der Waals surface area contributed by atoms with Gasteiger partial charge in [0.2, 0.25) is 5.91 Å². The van der Waals surface area contributed by atoms with Gasteiger partial charge in [0.1, 0.15) is 0 Å². The highest BCUT2D eigenvalue weighted by atomic mass is 127.